The van der Waals surface area contributed by atoms with Gasteiger partial charge in [-0.15, -0.1) is 0 Å². The molecule has 1 atom stereocenters. The molecule has 0 fully saturated rings. The summed E-state index contributed by atoms with van der Waals surface area (Å²) in [6.07, 6.45) is 0.792. The summed E-state index contributed by atoms with van der Waals surface area (Å²) in [7, 11) is 1.61. The van der Waals surface area contributed by atoms with Gasteiger partial charge in [0.2, 0.25) is 11.8 Å². The summed E-state index contributed by atoms with van der Waals surface area (Å²) < 4.78 is 5.19. The summed E-state index contributed by atoms with van der Waals surface area (Å²) in [6.45, 7) is 8.22. The molecule has 2 aromatic carbocycles. The number of carbonyl (C=O) groups excluding carboxylic acids is 2. The summed E-state index contributed by atoms with van der Waals surface area (Å²) >= 11 is 0. The SMILES string of the molecule is CC[C@@H](C(=O)NC(C)C)N(Cc1cccc(C)c1)C(=O)Cc1ccc(OC)cc1. The molecule has 0 aliphatic carbocycles. The maximum absolute atomic E-state index is 13.3. The molecule has 0 aromatic heterocycles. The van der Waals surface area contributed by atoms with Crippen LogP contribution >= 0.6 is 0 Å². The summed E-state index contributed by atoms with van der Waals surface area (Å²) in [5, 5.41) is 2.96. The number of aryl methyl sites for hydroxylation is 1. The predicted molar refractivity (Wildman–Crippen MR) is 116 cm³/mol. The van der Waals surface area contributed by atoms with E-state index in [1.165, 1.54) is 0 Å². The van der Waals surface area contributed by atoms with Crippen molar-refractivity contribution in [1.82, 2.24) is 10.2 Å². The third kappa shape index (κ3) is 6.63. The topological polar surface area (TPSA) is 58.6 Å². The molecule has 0 spiro atoms. The van der Waals surface area contributed by atoms with E-state index in [1.807, 2.05) is 70.2 Å². The predicted octanol–water partition coefficient (Wildman–Crippen LogP) is 3.88. The third-order valence-electron chi connectivity index (χ3n) is 4.77. The van der Waals surface area contributed by atoms with Crippen LogP contribution in [0.25, 0.3) is 0 Å². The minimum absolute atomic E-state index is 0.0223. The number of hydrogen-bond donors (Lipinski definition) is 1. The van der Waals surface area contributed by atoms with E-state index in [0.29, 0.717) is 13.0 Å². The van der Waals surface area contributed by atoms with E-state index >= 15 is 0 Å². The summed E-state index contributed by atoms with van der Waals surface area (Å²) in [6, 6.07) is 15.0. The Bertz CT molecular complexity index is 815. The van der Waals surface area contributed by atoms with Gasteiger partial charge in [0.25, 0.3) is 0 Å². The molecule has 0 radical (unpaired) electrons. The number of hydrogen-bond acceptors (Lipinski definition) is 3. The number of methoxy groups -OCH3 is 1. The van der Waals surface area contributed by atoms with Gasteiger partial charge in [-0.2, -0.15) is 0 Å². The maximum Gasteiger partial charge on any atom is 0.243 e. The highest BCUT2D eigenvalue weighted by Gasteiger charge is 2.29. The van der Waals surface area contributed by atoms with Crippen molar-refractivity contribution in [1.29, 1.82) is 0 Å². The van der Waals surface area contributed by atoms with Crippen LogP contribution in [0.5, 0.6) is 5.75 Å². The van der Waals surface area contributed by atoms with E-state index in [9.17, 15) is 9.59 Å². The first-order chi connectivity index (χ1) is 13.8. The monoisotopic (exact) mass is 396 g/mol. The van der Waals surface area contributed by atoms with Crippen LogP contribution in [-0.4, -0.2) is 35.9 Å². The fraction of sp³-hybridized carbons (Fsp3) is 0.417. The molecule has 5 heteroatoms. The van der Waals surface area contributed by atoms with Gasteiger partial charge < -0.3 is 15.0 Å². The van der Waals surface area contributed by atoms with Gasteiger partial charge in [-0.25, -0.2) is 0 Å². The maximum atomic E-state index is 13.3. The molecule has 1 N–H and O–H groups in total. The third-order valence-corrected chi connectivity index (χ3v) is 4.77. The van der Waals surface area contributed by atoms with Crippen molar-refractivity contribution in [2.45, 2.75) is 59.2 Å². The smallest absolute Gasteiger partial charge is 0.243 e. The Balaban J connectivity index is 2.27. The van der Waals surface area contributed by atoms with Gasteiger partial charge in [-0.1, -0.05) is 48.9 Å². The van der Waals surface area contributed by atoms with Crippen LogP contribution in [0.15, 0.2) is 48.5 Å². The summed E-state index contributed by atoms with van der Waals surface area (Å²) in [5.41, 5.74) is 3.04. The van der Waals surface area contributed by atoms with Crippen molar-refractivity contribution in [2.75, 3.05) is 7.11 Å². The fourth-order valence-corrected chi connectivity index (χ4v) is 3.33. The Labute approximate surface area is 174 Å². The van der Waals surface area contributed by atoms with E-state index in [1.54, 1.807) is 12.0 Å². The van der Waals surface area contributed by atoms with Crippen molar-refractivity contribution < 1.29 is 14.3 Å². The molecular formula is C24H32N2O3. The molecule has 2 aromatic rings. The van der Waals surface area contributed by atoms with Crippen molar-refractivity contribution >= 4 is 11.8 Å². The minimum Gasteiger partial charge on any atom is -0.497 e. The molecule has 2 amide bonds. The number of ether oxygens (including phenoxy) is 1. The van der Waals surface area contributed by atoms with Crippen molar-refractivity contribution in [3.05, 3.63) is 65.2 Å². The van der Waals surface area contributed by atoms with E-state index in [2.05, 4.69) is 11.4 Å². The number of amides is 2. The lowest BCUT2D eigenvalue weighted by Crippen LogP contribution is -2.50. The van der Waals surface area contributed by atoms with Crippen molar-refractivity contribution in [3.8, 4) is 5.75 Å². The summed E-state index contributed by atoms with van der Waals surface area (Å²) in [5.74, 6) is 0.571. The van der Waals surface area contributed by atoms with E-state index in [0.717, 1.165) is 22.4 Å². The standard InChI is InChI=1S/C24H32N2O3/c1-6-22(24(28)25-17(2)3)26(16-20-9-7-8-18(4)14-20)23(27)15-19-10-12-21(29-5)13-11-19/h7-14,17,22H,6,15-16H2,1-5H3,(H,25,28)/t22-/m0/s1. The van der Waals surface area contributed by atoms with Gasteiger partial charge in [0.1, 0.15) is 11.8 Å². The van der Waals surface area contributed by atoms with Crippen molar-refractivity contribution in [3.63, 3.8) is 0 Å². The average Bonchev–Trinajstić information content (AvgIpc) is 2.68. The Kier molecular flexibility index (Phi) is 8.25. The zero-order chi connectivity index (χ0) is 21.4. The van der Waals surface area contributed by atoms with Crippen molar-refractivity contribution in [2.24, 2.45) is 0 Å². The van der Waals surface area contributed by atoms with Gasteiger partial charge in [0.15, 0.2) is 0 Å². The Morgan fingerprint density at radius 1 is 1.07 bits per heavy atom. The quantitative estimate of drug-likeness (QED) is 0.700. The number of benzene rings is 2. The second-order valence-corrected chi connectivity index (χ2v) is 7.62. The van der Waals surface area contributed by atoms with Crippen LogP contribution < -0.4 is 10.1 Å². The van der Waals surface area contributed by atoms with Crippen LogP contribution in [0.1, 0.15) is 43.9 Å². The average molecular weight is 397 g/mol. The zero-order valence-electron chi connectivity index (χ0n) is 18.1. The van der Waals surface area contributed by atoms with Gasteiger partial charge in [0.05, 0.1) is 13.5 Å². The number of carbonyl (C=O) groups is 2. The van der Waals surface area contributed by atoms with Crippen LogP contribution in [0.2, 0.25) is 0 Å². The zero-order valence-corrected chi connectivity index (χ0v) is 18.1. The molecule has 0 saturated heterocycles. The van der Waals surface area contributed by atoms with Crippen LogP contribution in [-0.2, 0) is 22.6 Å². The van der Waals surface area contributed by atoms with Crippen LogP contribution in [0.4, 0.5) is 0 Å². The second kappa shape index (κ2) is 10.6. The van der Waals surface area contributed by atoms with Gasteiger partial charge in [-0.3, -0.25) is 9.59 Å². The number of nitrogens with one attached hydrogen (secondary N) is 1. The molecule has 29 heavy (non-hydrogen) atoms. The molecule has 0 aliphatic rings. The Morgan fingerprint density at radius 3 is 2.31 bits per heavy atom. The first-order valence-electron chi connectivity index (χ1n) is 10.1. The van der Waals surface area contributed by atoms with E-state index in [-0.39, 0.29) is 24.3 Å². The molecular weight excluding hydrogens is 364 g/mol. The molecule has 0 bridgehead atoms. The normalized spacial score (nSPS) is 11.8. The fourth-order valence-electron chi connectivity index (χ4n) is 3.33. The molecule has 0 saturated carbocycles. The molecule has 2 rings (SSSR count). The second-order valence-electron chi connectivity index (χ2n) is 7.62. The number of nitrogens with zero attached hydrogens (tertiary/aromatic N) is 1. The van der Waals surface area contributed by atoms with Crippen LogP contribution in [0, 0.1) is 6.92 Å². The molecule has 156 valence electrons. The lowest BCUT2D eigenvalue weighted by atomic mass is 10.1. The van der Waals surface area contributed by atoms with Crippen LogP contribution in [0.3, 0.4) is 0 Å². The number of rotatable bonds is 9. The lowest BCUT2D eigenvalue weighted by Gasteiger charge is -2.31. The Morgan fingerprint density at radius 2 is 1.76 bits per heavy atom. The molecule has 0 unspecified atom stereocenters. The van der Waals surface area contributed by atoms with E-state index < -0.39 is 6.04 Å². The molecule has 0 heterocycles. The molecule has 5 nitrogen and oxygen atoms in total. The van der Waals surface area contributed by atoms with Gasteiger partial charge in [-0.05, 0) is 50.5 Å². The molecule has 0 aliphatic heterocycles. The highest BCUT2D eigenvalue weighted by atomic mass is 16.5. The minimum atomic E-state index is -0.510. The first-order valence-corrected chi connectivity index (χ1v) is 10.1. The Hall–Kier alpha value is -2.82. The summed E-state index contributed by atoms with van der Waals surface area (Å²) in [4.78, 5) is 27.8. The van der Waals surface area contributed by atoms with E-state index in [4.69, 9.17) is 4.74 Å². The van der Waals surface area contributed by atoms with Gasteiger partial charge in [0, 0.05) is 12.6 Å². The highest BCUT2D eigenvalue weighted by Crippen LogP contribution is 2.17. The first kappa shape index (κ1) is 22.5. The van der Waals surface area contributed by atoms with Gasteiger partial charge >= 0.3 is 0 Å². The highest BCUT2D eigenvalue weighted by molar-refractivity contribution is 5.88. The lowest BCUT2D eigenvalue weighted by molar-refractivity contribution is -0.141. The largest absolute Gasteiger partial charge is 0.497 e.